The number of aromatic nitrogens is 4. The molecule has 3 rings (SSSR count). The molecule has 2 heterocycles. The molecule has 0 radical (unpaired) electrons. The van der Waals surface area contributed by atoms with Crippen molar-refractivity contribution in [2.75, 3.05) is 0 Å². The van der Waals surface area contributed by atoms with E-state index < -0.39 is 0 Å². The summed E-state index contributed by atoms with van der Waals surface area (Å²) in [5, 5.41) is 5.17. The highest BCUT2D eigenvalue weighted by molar-refractivity contribution is 5.76. The molecule has 0 fully saturated rings. The van der Waals surface area contributed by atoms with Crippen LogP contribution in [0.2, 0.25) is 0 Å². The molecule has 0 amide bonds. The van der Waals surface area contributed by atoms with Gasteiger partial charge in [-0.05, 0) is 11.6 Å². The summed E-state index contributed by atoms with van der Waals surface area (Å²) >= 11 is 0. The van der Waals surface area contributed by atoms with Crippen LogP contribution in [0.1, 0.15) is 5.56 Å². The molecule has 1 aromatic carbocycles. The lowest BCUT2D eigenvalue weighted by Gasteiger charge is -1.94. The Kier molecular flexibility index (Phi) is 2.38. The van der Waals surface area contributed by atoms with Gasteiger partial charge >= 0.3 is 0 Å². The van der Waals surface area contributed by atoms with Crippen LogP contribution in [0, 0.1) is 0 Å². The fourth-order valence-corrected chi connectivity index (χ4v) is 1.63. The van der Waals surface area contributed by atoms with E-state index in [1.807, 2.05) is 42.6 Å². The normalized spacial score (nSPS) is 11.3. The van der Waals surface area contributed by atoms with Gasteiger partial charge in [-0.2, -0.15) is 5.10 Å². The summed E-state index contributed by atoms with van der Waals surface area (Å²) in [6, 6.07) is 10.1. The van der Waals surface area contributed by atoms with E-state index in [4.69, 9.17) is 0 Å². The summed E-state index contributed by atoms with van der Waals surface area (Å²) < 4.78 is 1.74. The van der Waals surface area contributed by atoms with Crippen LogP contribution in [0.25, 0.3) is 23.3 Å². The van der Waals surface area contributed by atoms with Crippen molar-refractivity contribution in [3.05, 3.63) is 54.6 Å². The highest BCUT2D eigenvalue weighted by atomic mass is 15.3. The van der Waals surface area contributed by atoms with Crippen LogP contribution in [0.4, 0.5) is 0 Å². The minimum atomic E-state index is 0.812. The number of benzene rings is 1. The van der Waals surface area contributed by atoms with Crippen molar-refractivity contribution in [1.82, 2.24) is 19.7 Å². The van der Waals surface area contributed by atoms with Gasteiger partial charge in [0.05, 0.1) is 11.6 Å². The molecule has 17 heavy (non-hydrogen) atoms. The van der Waals surface area contributed by atoms with Crippen molar-refractivity contribution >= 4 is 23.3 Å². The molecule has 0 spiro atoms. The number of hydrogen-bond acceptors (Lipinski definition) is 3. The van der Waals surface area contributed by atoms with E-state index in [0.717, 1.165) is 16.6 Å². The van der Waals surface area contributed by atoms with Gasteiger partial charge < -0.3 is 0 Å². The lowest BCUT2D eigenvalue weighted by atomic mass is 10.2. The molecule has 3 aromatic rings. The zero-order valence-electron chi connectivity index (χ0n) is 9.06. The minimum absolute atomic E-state index is 0.812. The second-order valence-electron chi connectivity index (χ2n) is 3.62. The molecular formula is C13H10N4. The summed E-state index contributed by atoms with van der Waals surface area (Å²) in [4.78, 5) is 8.15. The first-order valence-electron chi connectivity index (χ1n) is 5.30. The SMILES string of the molecule is C(=Cn1ncc2cncnc21)c1ccccc1. The third-order valence-electron chi connectivity index (χ3n) is 2.46. The van der Waals surface area contributed by atoms with E-state index in [2.05, 4.69) is 15.1 Å². The minimum Gasteiger partial charge on any atom is -0.244 e. The molecule has 0 aliphatic rings. The largest absolute Gasteiger partial charge is 0.244 e. The van der Waals surface area contributed by atoms with Crippen molar-refractivity contribution in [1.29, 1.82) is 0 Å². The van der Waals surface area contributed by atoms with Crippen LogP contribution in [-0.4, -0.2) is 19.7 Å². The van der Waals surface area contributed by atoms with Gasteiger partial charge in [-0.3, -0.25) is 0 Å². The third kappa shape index (κ3) is 1.92. The molecular weight excluding hydrogens is 212 g/mol. The molecule has 82 valence electrons. The predicted octanol–water partition coefficient (Wildman–Crippen LogP) is 2.45. The molecule has 0 atom stereocenters. The molecule has 2 aromatic heterocycles. The van der Waals surface area contributed by atoms with Crippen LogP contribution in [0.3, 0.4) is 0 Å². The van der Waals surface area contributed by atoms with Crippen LogP contribution < -0.4 is 0 Å². The first-order chi connectivity index (χ1) is 8.43. The third-order valence-corrected chi connectivity index (χ3v) is 2.46. The Bertz CT molecular complexity index is 655. The number of fused-ring (bicyclic) bond motifs is 1. The summed E-state index contributed by atoms with van der Waals surface area (Å²) in [5.74, 6) is 0. The fraction of sp³-hybridized carbons (Fsp3) is 0. The van der Waals surface area contributed by atoms with Crippen molar-refractivity contribution in [2.24, 2.45) is 0 Å². The van der Waals surface area contributed by atoms with Crippen molar-refractivity contribution < 1.29 is 0 Å². The van der Waals surface area contributed by atoms with Gasteiger partial charge in [0.1, 0.15) is 6.33 Å². The van der Waals surface area contributed by atoms with Gasteiger partial charge in [0, 0.05) is 12.4 Å². The number of rotatable bonds is 2. The lowest BCUT2D eigenvalue weighted by Crippen LogP contribution is -1.90. The van der Waals surface area contributed by atoms with E-state index in [1.165, 1.54) is 6.33 Å². The molecule has 4 heteroatoms. The summed E-state index contributed by atoms with van der Waals surface area (Å²) in [6.07, 6.45) is 8.92. The highest BCUT2D eigenvalue weighted by Gasteiger charge is 1.99. The van der Waals surface area contributed by atoms with Crippen molar-refractivity contribution in [2.45, 2.75) is 0 Å². The number of nitrogens with zero attached hydrogens (tertiary/aromatic N) is 4. The van der Waals surface area contributed by atoms with Crippen molar-refractivity contribution in [3.8, 4) is 0 Å². The molecule has 0 saturated heterocycles. The summed E-state index contributed by atoms with van der Waals surface area (Å²) in [7, 11) is 0. The standard InChI is InChI=1S/C13H10N4/c1-2-4-11(5-3-1)6-7-17-13-12(9-16-17)8-14-10-15-13/h1-10H. The van der Waals surface area contributed by atoms with E-state index in [1.54, 1.807) is 17.1 Å². The average molecular weight is 222 g/mol. The maximum atomic E-state index is 4.24. The molecule has 0 bridgehead atoms. The maximum Gasteiger partial charge on any atom is 0.165 e. The van der Waals surface area contributed by atoms with E-state index in [-0.39, 0.29) is 0 Å². The molecule has 0 aliphatic carbocycles. The Labute approximate surface area is 98.3 Å². The first-order valence-corrected chi connectivity index (χ1v) is 5.30. The monoisotopic (exact) mass is 222 g/mol. The van der Waals surface area contributed by atoms with Gasteiger partial charge in [-0.1, -0.05) is 30.3 Å². The van der Waals surface area contributed by atoms with Gasteiger partial charge in [0.15, 0.2) is 5.65 Å². The molecule has 4 nitrogen and oxygen atoms in total. The summed E-state index contributed by atoms with van der Waals surface area (Å²) in [5.41, 5.74) is 1.94. The van der Waals surface area contributed by atoms with Gasteiger partial charge in [-0.25, -0.2) is 14.6 Å². The Morgan fingerprint density at radius 2 is 1.94 bits per heavy atom. The van der Waals surface area contributed by atoms with Crippen molar-refractivity contribution in [3.63, 3.8) is 0 Å². The second kappa shape index (κ2) is 4.17. The van der Waals surface area contributed by atoms with Crippen LogP contribution >= 0.6 is 0 Å². The number of hydrogen-bond donors (Lipinski definition) is 0. The molecule has 0 unspecified atom stereocenters. The molecule has 0 aliphatic heterocycles. The smallest absolute Gasteiger partial charge is 0.165 e. The van der Waals surface area contributed by atoms with Crippen LogP contribution in [0.5, 0.6) is 0 Å². The highest BCUT2D eigenvalue weighted by Crippen LogP contribution is 2.09. The zero-order valence-corrected chi connectivity index (χ0v) is 9.06. The Balaban J connectivity index is 1.98. The summed E-state index contributed by atoms with van der Waals surface area (Å²) in [6.45, 7) is 0. The molecule has 0 N–H and O–H groups in total. The Hall–Kier alpha value is -2.49. The maximum absolute atomic E-state index is 4.24. The van der Waals surface area contributed by atoms with E-state index in [0.29, 0.717) is 0 Å². The van der Waals surface area contributed by atoms with Gasteiger partial charge in [0.2, 0.25) is 0 Å². The molecule has 0 saturated carbocycles. The quantitative estimate of drug-likeness (QED) is 0.669. The zero-order chi connectivity index (χ0) is 11.5. The predicted molar refractivity (Wildman–Crippen MR) is 67.0 cm³/mol. The van der Waals surface area contributed by atoms with E-state index in [9.17, 15) is 0 Å². The van der Waals surface area contributed by atoms with Gasteiger partial charge in [0.25, 0.3) is 0 Å². The second-order valence-corrected chi connectivity index (χ2v) is 3.62. The lowest BCUT2D eigenvalue weighted by molar-refractivity contribution is 0.950. The van der Waals surface area contributed by atoms with Crippen LogP contribution in [-0.2, 0) is 0 Å². The van der Waals surface area contributed by atoms with Crippen LogP contribution in [0.15, 0.2) is 49.1 Å². The Morgan fingerprint density at radius 1 is 1.06 bits per heavy atom. The first kappa shape index (κ1) is 9.72. The van der Waals surface area contributed by atoms with E-state index >= 15 is 0 Å². The Morgan fingerprint density at radius 3 is 2.82 bits per heavy atom. The van der Waals surface area contributed by atoms with Gasteiger partial charge in [-0.15, -0.1) is 0 Å². The topological polar surface area (TPSA) is 43.6 Å². The fourth-order valence-electron chi connectivity index (χ4n) is 1.63. The average Bonchev–Trinajstić information content (AvgIpc) is 2.81.